The summed E-state index contributed by atoms with van der Waals surface area (Å²) in [5, 5.41) is 1.10. The molecule has 1 amide bonds. The average Bonchev–Trinajstić information content (AvgIpc) is 3.33. The highest BCUT2D eigenvalue weighted by atomic mass is 16.2. The third kappa shape index (κ3) is 2.94. The molecule has 0 atom stereocenters. The molecule has 30 heavy (non-hydrogen) atoms. The molecular formula is C23H23N5O2. The third-order valence-corrected chi connectivity index (χ3v) is 5.89. The van der Waals surface area contributed by atoms with Crippen molar-refractivity contribution in [1.29, 1.82) is 0 Å². The number of pyridine rings is 1. The first-order valence-corrected chi connectivity index (χ1v) is 10.2. The Morgan fingerprint density at radius 3 is 2.67 bits per heavy atom. The van der Waals surface area contributed by atoms with Crippen LogP contribution in [0.25, 0.3) is 27.6 Å². The molecule has 0 saturated heterocycles. The van der Waals surface area contributed by atoms with Gasteiger partial charge < -0.3 is 9.88 Å². The molecule has 0 bridgehead atoms. The minimum absolute atomic E-state index is 0.0352. The van der Waals surface area contributed by atoms with Crippen LogP contribution >= 0.6 is 0 Å². The van der Waals surface area contributed by atoms with E-state index in [2.05, 4.69) is 22.1 Å². The minimum atomic E-state index is -0.133. The van der Waals surface area contributed by atoms with Gasteiger partial charge >= 0.3 is 5.69 Å². The largest absolute Gasteiger partial charge is 0.346 e. The van der Waals surface area contributed by atoms with Gasteiger partial charge in [-0.25, -0.2) is 9.78 Å². The highest BCUT2D eigenvalue weighted by molar-refractivity contribution is 5.91. The molecule has 0 saturated carbocycles. The van der Waals surface area contributed by atoms with Crippen LogP contribution in [0.4, 0.5) is 0 Å². The number of imidazole rings is 1. The van der Waals surface area contributed by atoms with Gasteiger partial charge in [-0.15, -0.1) is 0 Å². The van der Waals surface area contributed by atoms with Crippen molar-refractivity contribution in [3.8, 4) is 0 Å². The fourth-order valence-electron chi connectivity index (χ4n) is 4.33. The number of para-hydroxylation sites is 2. The van der Waals surface area contributed by atoms with Crippen molar-refractivity contribution in [2.75, 3.05) is 13.1 Å². The summed E-state index contributed by atoms with van der Waals surface area (Å²) in [4.78, 5) is 35.2. The highest BCUT2D eigenvalue weighted by Gasteiger charge is 2.22. The molecule has 0 fully saturated rings. The van der Waals surface area contributed by atoms with E-state index in [0.29, 0.717) is 19.6 Å². The second-order valence-corrected chi connectivity index (χ2v) is 7.52. The fourth-order valence-corrected chi connectivity index (χ4v) is 4.33. The van der Waals surface area contributed by atoms with Gasteiger partial charge in [0.05, 0.1) is 11.0 Å². The molecule has 1 aliphatic heterocycles. The lowest BCUT2D eigenvalue weighted by atomic mass is 9.99. The normalized spacial score (nSPS) is 14.4. The molecule has 0 spiro atoms. The Morgan fingerprint density at radius 1 is 1.13 bits per heavy atom. The molecular weight excluding hydrogens is 378 g/mol. The first-order chi connectivity index (χ1) is 14.7. The summed E-state index contributed by atoms with van der Waals surface area (Å²) in [6.45, 7) is 3.76. The highest BCUT2D eigenvalue weighted by Crippen LogP contribution is 2.28. The Labute approximate surface area is 173 Å². The maximum absolute atomic E-state index is 13.0. The van der Waals surface area contributed by atoms with Gasteiger partial charge in [-0.2, -0.15) is 0 Å². The third-order valence-electron chi connectivity index (χ3n) is 5.89. The van der Waals surface area contributed by atoms with E-state index in [1.54, 1.807) is 15.3 Å². The molecule has 1 N–H and O–H groups in total. The molecule has 1 aromatic carbocycles. The molecule has 7 heteroatoms. The van der Waals surface area contributed by atoms with E-state index in [1.807, 2.05) is 48.4 Å². The van der Waals surface area contributed by atoms with Gasteiger partial charge in [0.1, 0.15) is 12.2 Å². The zero-order valence-corrected chi connectivity index (χ0v) is 16.8. The van der Waals surface area contributed by atoms with Crippen LogP contribution in [0, 0.1) is 0 Å². The van der Waals surface area contributed by atoms with Crippen LogP contribution in [-0.2, 0) is 17.9 Å². The van der Waals surface area contributed by atoms with Gasteiger partial charge in [-0.05, 0) is 43.2 Å². The zero-order chi connectivity index (χ0) is 20.7. The topological polar surface area (TPSA) is 75.9 Å². The van der Waals surface area contributed by atoms with Crippen molar-refractivity contribution < 1.29 is 4.79 Å². The van der Waals surface area contributed by atoms with E-state index in [1.165, 1.54) is 5.57 Å². The average molecular weight is 401 g/mol. The summed E-state index contributed by atoms with van der Waals surface area (Å²) in [7, 11) is 0. The summed E-state index contributed by atoms with van der Waals surface area (Å²) >= 11 is 0. The number of aromatic amines is 1. The summed E-state index contributed by atoms with van der Waals surface area (Å²) in [5.41, 5.74) is 4.78. The lowest BCUT2D eigenvalue weighted by molar-refractivity contribution is -0.131. The number of aromatic nitrogens is 4. The molecule has 0 radical (unpaired) electrons. The maximum atomic E-state index is 13.0. The van der Waals surface area contributed by atoms with Crippen LogP contribution < -0.4 is 5.69 Å². The van der Waals surface area contributed by atoms with E-state index < -0.39 is 0 Å². The monoisotopic (exact) mass is 401 g/mol. The number of hydrogen-bond acceptors (Lipinski definition) is 3. The van der Waals surface area contributed by atoms with Crippen molar-refractivity contribution in [1.82, 2.24) is 24.0 Å². The number of rotatable bonds is 4. The van der Waals surface area contributed by atoms with E-state index in [-0.39, 0.29) is 18.1 Å². The van der Waals surface area contributed by atoms with E-state index in [0.717, 1.165) is 34.1 Å². The quantitative estimate of drug-likeness (QED) is 0.571. The van der Waals surface area contributed by atoms with Crippen LogP contribution in [0.3, 0.4) is 0 Å². The maximum Gasteiger partial charge on any atom is 0.329 e. The molecule has 4 aromatic rings. The van der Waals surface area contributed by atoms with Gasteiger partial charge in [-0.3, -0.25) is 13.9 Å². The Hall–Kier alpha value is -3.61. The predicted octanol–water partition coefficient (Wildman–Crippen LogP) is 3.02. The summed E-state index contributed by atoms with van der Waals surface area (Å²) in [6, 6.07) is 11.6. The number of carbonyl (C=O) groups excluding carboxylic acids is 1. The number of amides is 1. The van der Waals surface area contributed by atoms with Gasteiger partial charge in [-0.1, -0.05) is 18.2 Å². The van der Waals surface area contributed by atoms with Crippen LogP contribution in [-0.4, -0.2) is 43.0 Å². The Morgan fingerprint density at radius 2 is 1.93 bits per heavy atom. The number of benzene rings is 1. The van der Waals surface area contributed by atoms with E-state index in [4.69, 9.17) is 0 Å². The number of H-pyrrole nitrogens is 1. The van der Waals surface area contributed by atoms with Crippen molar-refractivity contribution in [3.05, 3.63) is 70.9 Å². The second-order valence-electron chi connectivity index (χ2n) is 7.52. The van der Waals surface area contributed by atoms with Gasteiger partial charge in [0, 0.05) is 43.0 Å². The molecule has 3 aromatic heterocycles. The lowest BCUT2D eigenvalue weighted by Gasteiger charge is -2.26. The van der Waals surface area contributed by atoms with Crippen LogP contribution in [0.5, 0.6) is 0 Å². The number of hydrogen-bond donors (Lipinski definition) is 1. The number of fused-ring (bicyclic) bond motifs is 2. The van der Waals surface area contributed by atoms with E-state index in [9.17, 15) is 9.59 Å². The molecule has 0 unspecified atom stereocenters. The predicted molar refractivity (Wildman–Crippen MR) is 117 cm³/mol. The van der Waals surface area contributed by atoms with Crippen molar-refractivity contribution in [2.24, 2.45) is 0 Å². The standard InChI is InChI=1S/C23H23N5O2/c1-2-27-19-7-3-4-8-20(19)28(23(27)30)15-21(29)26-12-9-16(10-13-26)18-14-25-22-17(18)6-5-11-24-22/h3-9,11,14H,2,10,12-13,15H2,1H3,(H,24,25). The summed E-state index contributed by atoms with van der Waals surface area (Å²) in [6.07, 6.45) is 6.64. The SMILES string of the molecule is CCn1c(=O)n(CC(=O)N2CC=C(c3c[nH]c4ncccc34)CC2)c2ccccc21. The molecule has 4 heterocycles. The number of carbonyl (C=O) groups is 1. The molecule has 152 valence electrons. The Balaban J connectivity index is 1.37. The van der Waals surface area contributed by atoms with Gasteiger partial charge in [0.25, 0.3) is 0 Å². The molecule has 0 aliphatic carbocycles. The first-order valence-electron chi connectivity index (χ1n) is 10.2. The van der Waals surface area contributed by atoms with E-state index >= 15 is 0 Å². The molecule has 7 nitrogen and oxygen atoms in total. The summed E-state index contributed by atoms with van der Waals surface area (Å²) in [5.74, 6) is -0.0352. The minimum Gasteiger partial charge on any atom is -0.346 e. The van der Waals surface area contributed by atoms with Crippen LogP contribution in [0.1, 0.15) is 18.9 Å². The molecule has 5 rings (SSSR count). The smallest absolute Gasteiger partial charge is 0.329 e. The van der Waals surface area contributed by atoms with Crippen molar-refractivity contribution in [2.45, 2.75) is 26.4 Å². The van der Waals surface area contributed by atoms with Crippen molar-refractivity contribution in [3.63, 3.8) is 0 Å². The molecule has 1 aliphatic rings. The van der Waals surface area contributed by atoms with Gasteiger partial charge in [0.2, 0.25) is 5.91 Å². The summed E-state index contributed by atoms with van der Waals surface area (Å²) < 4.78 is 3.30. The van der Waals surface area contributed by atoms with Crippen LogP contribution in [0.15, 0.2) is 59.7 Å². The van der Waals surface area contributed by atoms with Gasteiger partial charge in [0.15, 0.2) is 0 Å². The van der Waals surface area contributed by atoms with Crippen molar-refractivity contribution >= 4 is 33.5 Å². The lowest BCUT2D eigenvalue weighted by Crippen LogP contribution is -2.39. The number of nitrogens with zero attached hydrogens (tertiary/aromatic N) is 4. The second kappa shape index (κ2) is 7.33. The Kier molecular flexibility index (Phi) is 4.50. The zero-order valence-electron chi connectivity index (χ0n) is 16.8. The Bertz CT molecular complexity index is 1340. The first kappa shape index (κ1) is 18.4. The number of aryl methyl sites for hydroxylation is 1. The fraction of sp³-hybridized carbons (Fsp3) is 0.261. The van der Waals surface area contributed by atoms with Crippen LogP contribution in [0.2, 0.25) is 0 Å². The number of nitrogens with one attached hydrogen (secondary N) is 1.